The fourth-order valence-corrected chi connectivity index (χ4v) is 4.26. The minimum atomic E-state index is -0.707. The van der Waals surface area contributed by atoms with Gasteiger partial charge in [0.1, 0.15) is 0 Å². The van der Waals surface area contributed by atoms with Crippen LogP contribution in [0.1, 0.15) is 63.5 Å². The number of para-hydroxylation sites is 1. The topological polar surface area (TPSA) is 68.2 Å². The van der Waals surface area contributed by atoms with Crippen molar-refractivity contribution in [3.05, 3.63) is 53.3 Å². The molecule has 1 heterocycles. The zero-order valence-electron chi connectivity index (χ0n) is 14.8. The highest BCUT2D eigenvalue weighted by molar-refractivity contribution is 5.88. The molecule has 2 unspecified atom stereocenters. The van der Waals surface area contributed by atoms with E-state index in [9.17, 15) is 9.90 Å². The normalized spacial score (nSPS) is 23.0. The average Bonchev–Trinajstić information content (AvgIpc) is 3.04. The lowest BCUT2D eigenvalue weighted by Crippen LogP contribution is -2.37. The number of nitrogens with zero attached hydrogens (tertiary/aromatic N) is 1. The van der Waals surface area contributed by atoms with E-state index < -0.39 is 11.5 Å². The second-order valence-corrected chi connectivity index (χ2v) is 7.69. The van der Waals surface area contributed by atoms with Crippen molar-refractivity contribution in [2.75, 3.05) is 0 Å². The number of fused-ring (bicyclic) bond motifs is 1. The highest BCUT2D eigenvalue weighted by Gasteiger charge is 2.51. The zero-order chi connectivity index (χ0) is 17.7. The van der Waals surface area contributed by atoms with Crippen molar-refractivity contribution in [3.63, 3.8) is 0 Å². The van der Waals surface area contributed by atoms with Crippen molar-refractivity contribution in [3.8, 4) is 5.69 Å². The Morgan fingerprint density at radius 2 is 1.92 bits per heavy atom. The molecule has 4 heteroatoms. The average molecular weight is 326 g/mol. The standard InChI is InChI=1S/C20H26N2O2/c1-5-15(23)17-16-14(11-22(17)13-9-7-6-8-10-13)20(4,18(21)24)12-19(16,2)3/h6-11,15,23H,5,12H2,1-4H3,(H2,21,24). The van der Waals surface area contributed by atoms with Gasteiger partial charge in [-0.2, -0.15) is 0 Å². The number of aromatic nitrogens is 1. The number of carbonyl (C=O) groups is 1. The van der Waals surface area contributed by atoms with Crippen molar-refractivity contribution in [2.45, 2.75) is 57.5 Å². The highest BCUT2D eigenvalue weighted by atomic mass is 16.3. The Labute approximate surface area is 143 Å². The Balaban J connectivity index is 2.34. The Morgan fingerprint density at radius 3 is 2.46 bits per heavy atom. The molecule has 2 atom stereocenters. The van der Waals surface area contributed by atoms with Crippen LogP contribution in [0, 0.1) is 0 Å². The molecular formula is C20H26N2O2. The fourth-order valence-electron chi connectivity index (χ4n) is 4.26. The van der Waals surface area contributed by atoms with Crippen LogP contribution in [0.2, 0.25) is 0 Å². The van der Waals surface area contributed by atoms with Gasteiger partial charge in [0.2, 0.25) is 5.91 Å². The minimum Gasteiger partial charge on any atom is -0.387 e. The Morgan fingerprint density at radius 1 is 1.29 bits per heavy atom. The van der Waals surface area contributed by atoms with Crippen LogP contribution >= 0.6 is 0 Å². The first-order valence-corrected chi connectivity index (χ1v) is 8.52. The molecule has 3 rings (SSSR count). The molecule has 0 radical (unpaired) electrons. The van der Waals surface area contributed by atoms with Gasteiger partial charge < -0.3 is 15.4 Å². The lowest BCUT2D eigenvalue weighted by atomic mass is 9.79. The van der Waals surface area contributed by atoms with E-state index in [0.29, 0.717) is 12.8 Å². The van der Waals surface area contributed by atoms with Gasteiger partial charge in [-0.3, -0.25) is 4.79 Å². The Bertz CT molecular complexity index is 776. The Kier molecular flexibility index (Phi) is 3.83. The van der Waals surface area contributed by atoms with E-state index in [1.807, 2.05) is 54.9 Å². The van der Waals surface area contributed by atoms with Gasteiger partial charge in [-0.15, -0.1) is 0 Å². The molecule has 1 aromatic carbocycles. The molecule has 1 amide bonds. The number of hydrogen-bond acceptors (Lipinski definition) is 2. The smallest absolute Gasteiger partial charge is 0.227 e. The maximum atomic E-state index is 12.2. The molecule has 0 bridgehead atoms. The summed E-state index contributed by atoms with van der Waals surface area (Å²) >= 11 is 0. The summed E-state index contributed by atoms with van der Waals surface area (Å²) in [6.45, 7) is 8.14. The largest absolute Gasteiger partial charge is 0.387 e. The molecule has 1 aliphatic rings. The van der Waals surface area contributed by atoms with Gasteiger partial charge in [-0.25, -0.2) is 0 Å². The first kappa shape index (κ1) is 16.8. The lowest BCUT2D eigenvalue weighted by molar-refractivity contribution is -0.123. The van der Waals surface area contributed by atoms with Crippen LogP contribution in [0.5, 0.6) is 0 Å². The zero-order valence-corrected chi connectivity index (χ0v) is 14.8. The van der Waals surface area contributed by atoms with E-state index in [4.69, 9.17) is 5.73 Å². The lowest BCUT2D eigenvalue weighted by Gasteiger charge is -2.27. The van der Waals surface area contributed by atoms with Gasteiger partial charge >= 0.3 is 0 Å². The molecule has 0 spiro atoms. The minimum absolute atomic E-state index is 0.218. The van der Waals surface area contributed by atoms with Gasteiger partial charge in [0.05, 0.1) is 17.2 Å². The summed E-state index contributed by atoms with van der Waals surface area (Å²) < 4.78 is 2.03. The first-order valence-electron chi connectivity index (χ1n) is 8.52. The number of carbonyl (C=O) groups excluding carboxylic acids is 1. The number of benzene rings is 1. The van der Waals surface area contributed by atoms with Crippen LogP contribution < -0.4 is 5.73 Å². The summed E-state index contributed by atoms with van der Waals surface area (Å²) in [7, 11) is 0. The number of hydrogen-bond donors (Lipinski definition) is 2. The summed E-state index contributed by atoms with van der Waals surface area (Å²) in [5.74, 6) is -0.308. The van der Waals surface area contributed by atoms with Crippen molar-refractivity contribution < 1.29 is 9.90 Å². The first-order chi connectivity index (χ1) is 11.2. The predicted octanol–water partition coefficient (Wildman–Crippen LogP) is 3.35. The number of nitrogens with two attached hydrogens (primary N) is 1. The van der Waals surface area contributed by atoms with Crippen LogP contribution in [0.3, 0.4) is 0 Å². The molecule has 128 valence electrons. The molecule has 4 nitrogen and oxygen atoms in total. The third-order valence-electron chi connectivity index (χ3n) is 5.39. The maximum Gasteiger partial charge on any atom is 0.227 e. The van der Waals surface area contributed by atoms with Crippen molar-refractivity contribution in [2.24, 2.45) is 5.73 Å². The van der Waals surface area contributed by atoms with Crippen LogP contribution in [0.4, 0.5) is 0 Å². The summed E-state index contributed by atoms with van der Waals surface area (Å²) in [4.78, 5) is 12.2. The molecular weight excluding hydrogens is 300 g/mol. The van der Waals surface area contributed by atoms with Gasteiger partial charge in [0, 0.05) is 11.9 Å². The monoisotopic (exact) mass is 326 g/mol. The SMILES string of the molecule is CCC(O)c1c2c(cn1-c1ccccc1)C(C)(C(N)=O)CC2(C)C. The number of aliphatic hydroxyl groups excluding tert-OH is 1. The summed E-state index contributed by atoms with van der Waals surface area (Å²) in [6.07, 6.45) is 2.70. The van der Waals surface area contributed by atoms with Crippen LogP contribution in [0.25, 0.3) is 5.69 Å². The molecule has 0 saturated heterocycles. The van der Waals surface area contributed by atoms with E-state index in [1.165, 1.54) is 0 Å². The third-order valence-corrected chi connectivity index (χ3v) is 5.39. The molecule has 0 fully saturated rings. The molecule has 2 aromatic rings. The van der Waals surface area contributed by atoms with Gasteiger partial charge in [0.25, 0.3) is 0 Å². The summed E-state index contributed by atoms with van der Waals surface area (Å²) in [5, 5.41) is 10.7. The van der Waals surface area contributed by atoms with Crippen molar-refractivity contribution in [1.29, 1.82) is 0 Å². The van der Waals surface area contributed by atoms with Crippen LogP contribution in [-0.2, 0) is 15.6 Å². The van der Waals surface area contributed by atoms with Gasteiger partial charge in [-0.1, -0.05) is 39.0 Å². The molecule has 3 N–H and O–H groups in total. The number of rotatable bonds is 4. The van der Waals surface area contributed by atoms with E-state index in [-0.39, 0.29) is 11.3 Å². The quantitative estimate of drug-likeness (QED) is 0.905. The van der Waals surface area contributed by atoms with Gasteiger partial charge in [0.15, 0.2) is 0 Å². The third kappa shape index (κ3) is 2.28. The molecule has 0 aliphatic heterocycles. The second-order valence-electron chi connectivity index (χ2n) is 7.69. The maximum absolute atomic E-state index is 12.2. The van der Waals surface area contributed by atoms with E-state index >= 15 is 0 Å². The molecule has 1 aliphatic carbocycles. The van der Waals surface area contributed by atoms with Crippen molar-refractivity contribution >= 4 is 5.91 Å². The molecule has 24 heavy (non-hydrogen) atoms. The van der Waals surface area contributed by atoms with E-state index in [1.54, 1.807) is 0 Å². The fraction of sp³-hybridized carbons (Fsp3) is 0.450. The summed E-state index contributed by atoms with van der Waals surface area (Å²) in [5.41, 5.74) is 8.73. The summed E-state index contributed by atoms with van der Waals surface area (Å²) in [6, 6.07) is 9.93. The number of aliphatic hydroxyl groups is 1. The predicted molar refractivity (Wildman–Crippen MR) is 95.2 cm³/mol. The molecule has 1 aromatic heterocycles. The highest BCUT2D eigenvalue weighted by Crippen LogP contribution is 2.53. The molecule has 0 saturated carbocycles. The number of amides is 1. The number of primary amides is 1. The van der Waals surface area contributed by atoms with Crippen LogP contribution in [0.15, 0.2) is 36.5 Å². The van der Waals surface area contributed by atoms with E-state index in [2.05, 4.69) is 13.8 Å². The van der Waals surface area contributed by atoms with E-state index in [0.717, 1.165) is 22.5 Å². The second kappa shape index (κ2) is 5.49. The van der Waals surface area contributed by atoms with Crippen molar-refractivity contribution in [1.82, 2.24) is 4.57 Å². The van der Waals surface area contributed by atoms with Gasteiger partial charge in [-0.05, 0) is 48.4 Å². The van der Waals surface area contributed by atoms with Crippen LogP contribution in [-0.4, -0.2) is 15.6 Å². The Hall–Kier alpha value is -2.07.